The van der Waals surface area contributed by atoms with E-state index >= 15 is 0 Å². The molecule has 5 heteroatoms. The van der Waals surface area contributed by atoms with Gasteiger partial charge in [-0.15, -0.1) is 11.3 Å². The molecule has 0 radical (unpaired) electrons. The molecule has 2 aromatic rings. The summed E-state index contributed by atoms with van der Waals surface area (Å²) in [5.41, 5.74) is 3.50. The molecule has 0 spiro atoms. The van der Waals surface area contributed by atoms with Gasteiger partial charge < -0.3 is 14.5 Å². The average Bonchev–Trinajstić information content (AvgIpc) is 2.86. The largest absolute Gasteiger partial charge is 0.378 e. The van der Waals surface area contributed by atoms with E-state index in [-0.39, 0.29) is 0 Å². The quantitative estimate of drug-likeness (QED) is 0.818. The van der Waals surface area contributed by atoms with E-state index in [1.165, 1.54) is 11.4 Å². The molecule has 1 aromatic carbocycles. The normalized spacial score (nSPS) is 10.6. The lowest BCUT2D eigenvalue weighted by atomic mass is 10.2. The predicted molar refractivity (Wildman–Crippen MR) is 85.7 cm³/mol. The molecule has 2 rings (SSSR count). The Morgan fingerprint density at radius 1 is 1.15 bits per heavy atom. The van der Waals surface area contributed by atoms with Crippen molar-refractivity contribution < 1.29 is 4.74 Å². The minimum absolute atomic E-state index is 0.586. The van der Waals surface area contributed by atoms with Crippen molar-refractivity contribution in [3.8, 4) is 0 Å². The van der Waals surface area contributed by atoms with Crippen LogP contribution in [-0.4, -0.2) is 33.2 Å². The summed E-state index contributed by atoms with van der Waals surface area (Å²) in [5, 5.41) is 3.13. The van der Waals surface area contributed by atoms with Crippen molar-refractivity contribution in [2.24, 2.45) is 0 Å². The Bertz CT molecular complexity index is 554. The minimum Gasteiger partial charge on any atom is -0.378 e. The Morgan fingerprint density at radius 3 is 2.50 bits per heavy atom. The van der Waals surface area contributed by atoms with Crippen molar-refractivity contribution >= 4 is 22.7 Å². The second kappa shape index (κ2) is 6.72. The highest BCUT2D eigenvalue weighted by molar-refractivity contribution is 7.09. The summed E-state index contributed by atoms with van der Waals surface area (Å²) in [5.74, 6) is 0. The molecular weight excluding hydrogens is 270 g/mol. The number of rotatable bonds is 6. The summed E-state index contributed by atoms with van der Waals surface area (Å²) in [6, 6.07) is 8.39. The Balaban J connectivity index is 2.13. The maximum absolute atomic E-state index is 5.11. The summed E-state index contributed by atoms with van der Waals surface area (Å²) in [6.07, 6.45) is 0. The molecule has 20 heavy (non-hydrogen) atoms. The first-order valence-electron chi connectivity index (χ1n) is 6.51. The van der Waals surface area contributed by atoms with Crippen molar-refractivity contribution in [2.45, 2.75) is 13.2 Å². The van der Waals surface area contributed by atoms with E-state index < -0.39 is 0 Å². The van der Waals surface area contributed by atoms with Crippen molar-refractivity contribution in [2.75, 3.05) is 38.1 Å². The Kier molecular flexibility index (Phi) is 4.98. The summed E-state index contributed by atoms with van der Waals surface area (Å²) in [6.45, 7) is 1.38. The number of para-hydroxylation sites is 2. The minimum atomic E-state index is 0.586. The predicted octanol–water partition coefficient (Wildman–Crippen LogP) is 2.99. The van der Waals surface area contributed by atoms with E-state index in [0.717, 1.165) is 17.2 Å². The number of nitrogens with zero attached hydrogens (tertiary/aromatic N) is 3. The van der Waals surface area contributed by atoms with Gasteiger partial charge in [0.05, 0.1) is 30.2 Å². The van der Waals surface area contributed by atoms with Crippen molar-refractivity contribution in [1.82, 2.24) is 4.98 Å². The smallest absolute Gasteiger partial charge is 0.119 e. The van der Waals surface area contributed by atoms with Crippen molar-refractivity contribution in [1.29, 1.82) is 0 Å². The molecule has 0 aliphatic heterocycles. The molecule has 0 aliphatic carbocycles. The van der Waals surface area contributed by atoms with Crippen LogP contribution in [0.5, 0.6) is 0 Å². The summed E-state index contributed by atoms with van der Waals surface area (Å²) < 4.78 is 5.11. The van der Waals surface area contributed by atoms with Crippen LogP contribution in [0, 0.1) is 0 Å². The standard InChI is InChI=1S/C15H21N3OS/c1-17(2)13-7-5-6-8-14(13)18(3)9-12-11-20-15(16-12)10-19-4/h5-8,11H,9-10H2,1-4H3. The zero-order valence-corrected chi connectivity index (χ0v) is 13.3. The van der Waals surface area contributed by atoms with E-state index in [1.807, 2.05) is 0 Å². The van der Waals surface area contributed by atoms with Gasteiger partial charge in [-0.2, -0.15) is 0 Å². The van der Waals surface area contributed by atoms with Gasteiger partial charge in [-0.05, 0) is 12.1 Å². The fourth-order valence-corrected chi connectivity index (χ4v) is 2.86. The number of hydrogen-bond donors (Lipinski definition) is 0. The van der Waals surface area contributed by atoms with Crippen LogP contribution in [0.3, 0.4) is 0 Å². The van der Waals surface area contributed by atoms with Gasteiger partial charge in [-0.1, -0.05) is 12.1 Å². The van der Waals surface area contributed by atoms with Gasteiger partial charge in [0.1, 0.15) is 5.01 Å². The van der Waals surface area contributed by atoms with E-state index in [0.29, 0.717) is 6.61 Å². The van der Waals surface area contributed by atoms with Gasteiger partial charge in [0, 0.05) is 33.6 Å². The first kappa shape index (κ1) is 14.8. The molecule has 0 atom stereocenters. The first-order chi connectivity index (χ1) is 9.61. The van der Waals surface area contributed by atoms with Crippen molar-refractivity contribution in [3.63, 3.8) is 0 Å². The number of methoxy groups -OCH3 is 1. The van der Waals surface area contributed by atoms with Crippen LogP contribution in [0.25, 0.3) is 0 Å². The summed E-state index contributed by atoms with van der Waals surface area (Å²) in [4.78, 5) is 8.93. The van der Waals surface area contributed by atoms with Crippen LogP contribution < -0.4 is 9.80 Å². The molecule has 0 bridgehead atoms. The lowest BCUT2D eigenvalue weighted by molar-refractivity contribution is 0.184. The molecule has 0 fully saturated rings. The van der Waals surface area contributed by atoms with Crippen LogP contribution in [0.15, 0.2) is 29.6 Å². The van der Waals surface area contributed by atoms with Gasteiger partial charge in [0.15, 0.2) is 0 Å². The molecule has 0 unspecified atom stereocenters. The van der Waals surface area contributed by atoms with Crippen LogP contribution in [0.1, 0.15) is 10.7 Å². The van der Waals surface area contributed by atoms with Crippen molar-refractivity contribution in [3.05, 3.63) is 40.3 Å². The second-order valence-corrected chi connectivity index (χ2v) is 5.85. The Hall–Kier alpha value is -1.59. The number of thiazole rings is 1. The van der Waals surface area contributed by atoms with Gasteiger partial charge in [-0.3, -0.25) is 0 Å². The summed E-state index contributed by atoms with van der Waals surface area (Å²) >= 11 is 1.65. The molecule has 0 saturated carbocycles. The van der Waals surface area contributed by atoms with Crippen LogP contribution >= 0.6 is 11.3 Å². The SMILES string of the molecule is COCc1nc(CN(C)c2ccccc2N(C)C)cs1. The third-order valence-corrected chi connectivity index (χ3v) is 3.91. The zero-order chi connectivity index (χ0) is 14.5. The molecular formula is C15H21N3OS. The van der Waals surface area contributed by atoms with Gasteiger partial charge in [0.25, 0.3) is 0 Å². The second-order valence-electron chi connectivity index (χ2n) is 4.90. The van der Waals surface area contributed by atoms with E-state index in [9.17, 15) is 0 Å². The third-order valence-electron chi connectivity index (χ3n) is 3.04. The number of hydrogen-bond acceptors (Lipinski definition) is 5. The molecule has 0 N–H and O–H groups in total. The highest BCUT2D eigenvalue weighted by Crippen LogP contribution is 2.28. The van der Waals surface area contributed by atoms with Gasteiger partial charge in [0.2, 0.25) is 0 Å². The zero-order valence-electron chi connectivity index (χ0n) is 12.5. The van der Waals surface area contributed by atoms with Crippen LogP contribution in [0.4, 0.5) is 11.4 Å². The lowest BCUT2D eigenvalue weighted by Crippen LogP contribution is -2.20. The highest BCUT2D eigenvalue weighted by atomic mass is 32.1. The molecule has 0 amide bonds. The molecule has 108 valence electrons. The first-order valence-corrected chi connectivity index (χ1v) is 7.39. The van der Waals surface area contributed by atoms with E-state index in [4.69, 9.17) is 4.74 Å². The number of benzene rings is 1. The third kappa shape index (κ3) is 3.49. The molecule has 1 aromatic heterocycles. The fraction of sp³-hybridized carbons (Fsp3) is 0.400. The van der Waals surface area contributed by atoms with Crippen LogP contribution in [-0.2, 0) is 17.9 Å². The fourth-order valence-electron chi connectivity index (χ4n) is 2.10. The summed E-state index contributed by atoms with van der Waals surface area (Å²) in [7, 11) is 7.91. The molecule has 1 heterocycles. The van der Waals surface area contributed by atoms with E-state index in [2.05, 4.69) is 65.6 Å². The highest BCUT2D eigenvalue weighted by Gasteiger charge is 2.10. The Labute approximate surface area is 124 Å². The van der Waals surface area contributed by atoms with E-state index in [1.54, 1.807) is 18.4 Å². The van der Waals surface area contributed by atoms with Gasteiger partial charge >= 0.3 is 0 Å². The number of ether oxygens (including phenoxy) is 1. The van der Waals surface area contributed by atoms with Crippen LogP contribution in [0.2, 0.25) is 0 Å². The van der Waals surface area contributed by atoms with Gasteiger partial charge in [-0.25, -0.2) is 4.98 Å². The molecule has 0 saturated heterocycles. The maximum atomic E-state index is 5.11. The molecule has 0 aliphatic rings. The Morgan fingerprint density at radius 2 is 1.85 bits per heavy atom. The lowest BCUT2D eigenvalue weighted by Gasteiger charge is -2.25. The molecule has 4 nitrogen and oxygen atoms in total. The average molecular weight is 291 g/mol. The number of anilines is 2. The monoisotopic (exact) mass is 291 g/mol. The number of aromatic nitrogens is 1. The maximum Gasteiger partial charge on any atom is 0.119 e. The topological polar surface area (TPSA) is 28.6 Å².